The van der Waals surface area contributed by atoms with Crippen LogP contribution >= 0.6 is 0 Å². The summed E-state index contributed by atoms with van der Waals surface area (Å²) in [7, 11) is 3.86. The second-order valence-corrected chi connectivity index (χ2v) is 4.13. The molecule has 80 valence electrons. The van der Waals surface area contributed by atoms with Gasteiger partial charge in [-0.1, -0.05) is 31.2 Å². The zero-order valence-corrected chi connectivity index (χ0v) is 9.91. The van der Waals surface area contributed by atoms with Gasteiger partial charge in [0.15, 0.2) is 0 Å². The Balaban J connectivity index is 3.10. The molecule has 2 nitrogen and oxygen atoms in total. The summed E-state index contributed by atoms with van der Waals surface area (Å²) in [5, 5.41) is 9.24. The van der Waals surface area contributed by atoms with E-state index in [0.29, 0.717) is 0 Å². The van der Waals surface area contributed by atoms with Crippen LogP contribution in [-0.2, 0) is 12.0 Å². The maximum Gasteiger partial charge on any atom is 0.131 e. The van der Waals surface area contributed by atoms with E-state index in [9.17, 15) is 5.26 Å². The molecule has 0 spiro atoms. The van der Waals surface area contributed by atoms with Gasteiger partial charge in [0.25, 0.3) is 0 Å². The van der Waals surface area contributed by atoms with Crippen LogP contribution in [0.25, 0.3) is 0 Å². The number of nitrogens with zero attached hydrogens (tertiary/aromatic N) is 2. The quantitative estimate of drug-likeness (QED) is 0.753. The molecule has 1 rings (SSSR count). The standard InChI is InChI=1S/C13H18N2/c1-5-11-6-8-12(9-7-11)13(2,10-14)15(3)4/h6-9H,5H2,1-4H3. The van der Waals surface area contributed by atoms with Gasteiger partial charge < -0.3 is 0 Å². The third-order valence-corrected chi connectivity index (χ3v) is 3.04. The maximum absolute atomic E-state index is 9.24. The van der Waals surface area contributed by atoms with Crippen LogP contribution in [0.15, 0.2) is 24.3 Å². The van der Waals surface area contributed by atoms with Crippen molar-refractivity contribution in [3.05, 3.63) is 35.4 Å². The fraction of sp³-hybridized carbons (Fsp3) is 0.462. The van der Waals surface area contributed by atoms with E-state index in [1.165, 1.54) is 5.56 Å². The van der Waals surface area contributed by atoms with Crippen molar-refractivity contribution >= 4 is 0 Å². The van der Waals surface area contributed by atoms with E-state index in [1.54, 1.807) is 0 Å². The SMILES string of the molecule is CCc1ccc(C(C)(C#N)N(C)C)cc1. The van der Waals surface area contributed by atoms with Crippen molar-refractivity contribution < 1.29 is 0 Å². The van der Waals surface area contributed by atoms with Crippen molar-refractivity contribution in [1.29, 1.82) is 5.26 Å². The highest BCUT2D eigenvalue weighted by Gasteiger charge is 2.28. The minimum absolute atomic E-state index is 0.535. The Hall–Kier alpha value is -1.33. The summed E-state index contributed by atoms with van der Waals surface area (Å²) < 4.78 is 0. The fourth-order valence-electron chi connectivity index (χ4n) is 1.49. The average Bonchev–Trinajstić information content (AvgIpc) is 2.28. The molecule has 0 aliphatic carbocycles. The van der Waals surface area contributed by atoms with E-state index in [-0.39, 0.29) is 0 Å². The predicted molar refractivity (Wildman–Crippen MR) is 62.5 cm³/mol. The highest BCUT2D eigenvalue weighted by atomic mass is 15.1. The Labute approximate surface area is 92.1 Å². The lowest BCUT2D eigenvalue weighted by atomic mass is 9.91. The first-order valence-corrected chi connectivity index (χ1v) is 5.22. The lowest BCUT2D eigenvalue weighted by Crippen LogP contribution is -2.36. The largest absolute Gasteiger partial charge is 0.288 e. The van der Waals surface area contributed by atoms with E-state index in [1.807, 2.05) is 38.1 Å². The highest BCUT2D eigenvalue weighted by Crippen LogP contribution is 2.25. The zero-order valence-electron chi connectivity index (χ0n) is 9.91. The molecule has 0 fully saturated rings. The number of nitriles is 1. The Bertz CT molecular complexity index is 359. The summed E-state index contributed by atoms with van der Waals surface area (Å²) >= 11 is 0. The molecule has 1 atom stereocenters. The summed E-state index contributed by atoms with van der Waals surface area (Å²) in [6.45, 7) is 4.07. The first-order chi connectivity index (χ1) is 7.04. The van der Waals surface area contributed by atoms with Gasteiger partial charge in [0.1, 0.15) is 5.54 Å². The lowest BCUT2D eigenvalue weighted by molar-refractivity contribution is 0.241. The molecule has 0 aliphatic heterocycles. The van der Waals surface area contributed by atoms with Gasteiger partial charge in [0.2, 0.25) is 0 Å². The minimum atomic E-state index is -0.535. The van der Waals surface area contributed by atoms with Gasteiger partial charge in [-0.05, 0) is 38.6 Å². The topological polar surface area (TPSA) is 27.0 Å². The molecule has 2 heteroatoms. The van der Waals surface area contributed by atoms with E-state index in [2.05, 4.69) is 25.1 Å². The van der Waals surface area contributed by atoms with Crippen molar-refractivity contribution in [2.24, 2.45) is 0 Å². The number of rotatable bonds is 3. The molecule has 1 unspecified atom stereocenters. The third kappa shape index (κ3) is 2.19. The van der Waals surface area contributed by atoms with E-state index in [4.69, 9.17) is 0 Å². The van der Waals surface area contributed by atoms with Crippen molar-refractivity contribution in [3.8, 4) is 6.07 Å². The summed E-state index contributed by atoms with van der Waals surface area (Å²) in [5.41, 5.74) is 1.82. The number of aryl methyl sites for hydroxylation is 1. The van der Waals surface area contributed by atoms with Gasteiger partial charge in [-0.25, -0.2) is 0 Å². The molecule has 0 heterocycles. The fourth-order valence-corrected chi connectivity index (χ4v) is 1.49. The summed E-state index contributed by atoms with van der Waals surface area (Å²) in [5.74, 6) is 0. The van der Waals surface area contributed by atoms with Gasteiger partial charge in [-0.2, -0.15) is 5.26 Å². The molecule has 1 aromatic rings. The van der Waals surface area contributed by atoms with Crippen LogP contribution in [0.1, 0.15) is 25.0 Å². The van der Waals surface area contributed by atoms with Crippen molar-refractivity contribution in [1.82, 2.24) is 4.90 Å². The van der Waals surface area contributed by atoms with Gasteiger partial charge in [0.05, 0.1) is 6.07 Å². The molecular formula is C13H18N2. The van der Waals surface area contributed by atoms with Crippen LogP contribution in [-0.4, -0.2) is 19.0 Å². The summed E-state index contributed by atoms with van der Waals surface area (Å²) in [6.07, 6.45) is 1.03. The molecule has 0 radical (unpaired) electrons. The average molecular weight is 202 g/mol. The highest BCUT2D eigenvalue weighted by molar-refractivity contribution is 5.32. The summed E-state index contributed by atoms with van der Waals surface area (Å²) in [4.78, 5) is 1.94. The Morgan fingerprint density at radius 3 is 2.13 bits per heavy atom. The molecule has 0 amide bonds. The second kappa shape index (κ2) is 4.46. The molecule has 0 N–H and O–H groups in total. The van der Waals surface area contributed by atoms with Crippen molar-refractivity contribution in [3.63, 3.8) is 0 Å². The number of hydrogen-bond acceptors (Lipinski definition) is 2. The van der Waals surface area contributed by atoms with Crippen LogP contribution in [0.2, 0.25) is 0 Å². The van der Waals surface area contributed by atoms with Gasteiger partial charge in [0, 0.05) is 0 Å². The second-order valence-electron chi connectivity index (χ2n) is 4.13. The molecule has 0 aromatic heterocycles. The number of hydrogen-bond donors (Lipinski definition) is 0. The maximum atomic E-state index is 9.24. The predicted octanol–water partition coefficient (Wildman–Crippen LogP) is 2.55. The van der Waals surface area contributed by atoms with Crippen LogP contribution in [0, 0.1) is 11.3 Å². The molecule has 0 saturated carbocycles. The first-order valence-electron chi connectivity index (χ1n) is 5.22. The lowest BCUT2D eigenvalue weighted by Gasteiger charge is -2.29. The van der Waals surface area contributed by atoms with Crippen LogP contribution < -0.4 is 0 Å². The molecule has 15 heavy (non-hydrogen) atoms. The summed E-state index contributed by atoms with van der Waals surface area (Å²) in [6, 6.07) is 10.6. The molecular weight excluding hydrogens is 184 g/mol. The normalized spacial score (nSPS) is 14.7. The van der Waals surface area contributed by atoms with Gasteiger partial charge >= 0.3 is 0 Å². The Morgan fingerprint density at radius 1 is 1.27 bits per heavy atom. The Kier molecular flexibility index (Phi) is 3.49. The van der Waals surface area contributed by atoms with Crippen LogP contribution in [0.3, 0.4) is 0 Å². The molecule has 0 aliphatic rings. The third-order valence-electron chi connectivity index (χ3n) is 3.04. The first kappa shape index (κ1) is 11.7. The van der Waals surface area contributed by atoms with Crippen LogP contribution in [0.5, 0.6) is 0 Å². The van der Waals surface area contributed by atoms with Gasteiger partial charge in [-0.3, -0.25) is 4.90 Å². The Morgan fingerprint density at radius 2 is 1.80 bits per heavy atom. The molecule has 1 aromatic carbocycles. The minimum Gasteiger partial charge on any atom is -0.288 e. The van der Waals surface area contributed by atoms with Crippen molar-refractivity contribution in [2.45, 2.75) is 25.8 Å². The smallest absolute Gasteiger partial charge is 0.131 e. The van der Waals surface area contributed by atoms with E-state index >= 15 is 0 Å². The van der Waals surface area contributed by atoms with E-state index in [0.717, 1.165) is 12.0 Å². The van der Waals surface area contributed by atoms with Gasteiger partial charge in [-0.15, -0.1) is 0 Å². The molecule has 0 saturated heterocycles. The monoisotopic (exact) mass is 202 g/mol. The zero-order chi connectivity index (χ0) is 11.5. The van der Waals surface area contributed by atoms with E-state index < -0.39 is 5.54 Å². The number of benzene rings is 1. The molecule has 0 bridgehead atoms. The van der Waals surface area contributed by atoms with Crippen molar-refractivity contribution in [2.75, 3.05) is 14.1 Å². The van der Waals surface area contributed by atoms with Crippen LogP contribution in [0.4, 0.5) is 0 Å².